The molecule has 1 aromatic carbocycles. The molecule has 0 spiro atoms. The van der Waals surface area contributed by atoms with Gasteiger partial charge in [-0.25, -0.2) is 0 Å². The molecule has 1 aliphatic heterocycles. The Balaban J connectivity index is 2.09. The molecule has 1 saturated heterocycles. The number of methoxy groups -OCH3 is 1. The van der Waals surface area contributed by atoms with E-state index in [4.69, 9.17) is 10.00 Å². The third-order valence-corrected chi connectivity index (χ3v) is 3.49. The van der Waals surface area contributed by atoms with E-state index in [2.05, 4.69) is 17.9 Å². The Morgan fingerprint density at radius 3 is 2.59 bits per heavy atom. The average molecular weight is 230 g/mol. The summed E-state index contributed by atoms with van der Waals surface area (Å²) in [6.07, 6.45) is 2.52. The number of piperidine rings is 1. The van der Waals surface area contributed by atoms with Crippen LogP contribution in [-0.2, 0) is 4.74 Å². The van der Waals surface area contributed by atoms with Crippen LogP contribution in [0.2, 0.25) is 0 Å². The molecular formula is C14H18N2O. The number of benzene rings is 1. The van der Waals surface area contributed by atoms with Crippen molar-refractivity contribution in [1.29, 1.82) is 5.26 Å². The molecule has 1 aliphatic rings. The van der Waals surface area contributed by atoms with Crippen LogP contribution >= 0.6 is 0 Å². The Morgan fingerprint density at radius 1 is 1.35 bits per heavy atom. The van der Waals surface area contributed by atoms with Crippen molar-refractivity contribution < 1.29 is 4.74 Å². The van der Waals surface area contributed by atoms with Gasteiger partial charge >= 0.3 is 0 Å². The zero-order valence-electron chi connectivity index (χ0n) is 10.4. The van der Waals surface area contributed by atoms with Gasteiger partial charge in [0.05, 0.1) is 17.7 Å². The van der Waals surface area contributed by atoms with Gasteiger partial charge in [-0.2, -0.15) is 5.26 Å². The normalized spacial score (nSPS) is 24.4. The van der Waals surface area contributed by atoms with E-state index in [1.165, 1.54) is 5.69 Å². The number of hydrogen-bond acceptors (Lipinski definition) is 3. The van der Waals surface area contributed by atoms with Crippen molar-refractivity contribution in [1.82, 2.24) is 0 Å². The van der Waals surface area contributed by atoms with E-state index in [-0.39, 0.29) is 0 Å². The molecule has 0 radical (unpaired) electrons. The number of rotatable bonds is 2. The lowest BCUT2D eigenvalue weighted by atomic mass is 9.99. The minimum Gasteiger partial charge on any atom is -0.381 e. The van der Waals surface area contributed by atoms with E-state index >= 15 is 0 Å². The number of anilines is 1. The summed E-state index contributed by atoms with van der Waals surface area (Å²) >= 11 is 0. The van der Waals surface area contributed by atoms with Gasteiger partial charge in [0, 0.05) is 25.4 Å². The third-order valence-electron chi connectivity index (χ3n) is 3.49. The lowest BCUT2D eigenvalue weighted by Gasteiger charge is -2.38. The van der Waals surface area contributed by atoms with Gasteiger partial charge in [0.25, 0.3) is 0 Å². The molecule has 3 nitrogen and oxygen atoms in total. The van der Waals surface area contributed by atoms with Crippen molar-refractivity contribution in [2.45, 2.75) is 31.9 Å². The van der Waals surface area contributed by atoms with E-state index < -0.39 is 0 Å². The molecule has 0 aromatic heterocycles. The van der Waals surface area contributed by atoms with Gasteiger partial charge in [0.15, 0.2) is 0 Å². The first-order chi connectivity index (χ1) is 8.24. The minimum absolute atomic E-state index is 0.389. The molecule has 0 amide bonds. The van der Waals surface area contributed by atoms with Gasteiger partial charge in [-0.3, -0.25) is 0 Å². The highest BCUT2D eigenvalue weighted by Gasteiger charge is 2.25. The lowest BCUT2D eigenvalue weighted by Crippen LogP contribution is -2.43. The van der Waals surface area contributed by atoms with Crippen LogP contribution in [0.3, 0.4) is 0 Å². The second-order valence-corrected chi connectivity index (χ2v) is 4.58. The van der Waals surface area contributed by atoms with Gasteiger partial charge in [-0.15, -0.1) is 0 Å². The zero-order valence-corrected chi connectivity index (χ0v) is 10.4. The molecule has 0 aliphatic carbocycles. The molecule has 2 atom stereocenters. The standard InChI is InChI=1S/C14H18N2O/c1-11-9-14(17-2)7-8-16(11)13-5-3-12(10-15)4-6-13/h3-6,11,14H,7-9H2,1-2H3. The van der Waals surface area contributed by atoms with Crippen LogP contribution in [0.15, 0.2) is 24.3 Å². The summed E-state index contributed by atoms with van der Waals surface area (Å²) in [7, 11) is 1.79. The molecule has 1 fully saturated rings. The van der Waals surface area contributed by atoms with Crippen LogP contribution < -0.4 is 4.90 Å². The van der Waals surface area contributed by atoms with Gasteiger partial charge in [-0.05, 0) is 44.0 Å². The van der Waals surface area contributed by atoms with Crippen molar-refractivity contribution >= 4 is 5.69 Å². The van der Waals surface area contributed by atoms with Gasteiger partial charge < -0.3 is 9.64 Å². The van der Waals surface area contributed by atoms with Crippen molar-refractivity contribution in [2.24, 2.45) is 0 Å². The van der Waals surface area contributed by atoms with E-state index in [0.717, 1.165) is 19.4 Å². The molecule has 90 valence electrons. The highest BCUT2D eigenvalue weighted by atomic mass is 16.5. The minimum atomic E-state index is 0.389. The molecule has 3 heteroatoms. The van der Waals surface area contributed by atoms with Crippen LogP contribution in [0.5, 0.6) is 0 Å². The summed E-state index contributed by atoms with van der Waals surface area (Å²) in [5, 5.41) is 8.78. The average Bonchev–Trinajstić information content (AvgIpc) is 2.39. The SMILES string of the molecule is COC1CCN(c2ccc(C#N)cc2)C(C)C1. The van der Waals surface area contributed by atoms with E-state index in [1.54, 1.807) is 7.11 Å². The largest absolute Gasteiger partial charge is 0.381 e. The van der Waals surface area contributed by atoms with Crippen molar-refractivity contribution in [2.75, 3.05) is 18.6 Å². The molecule has 2 rings (SSSR count). The molecule has 1 aromatic rings. The second kappa shape index (κ2) is 5.20. The van der Waals surface area contributed by atoms with Crippen molar-refractivity contribution in [3.63, 3.8) is 0 Å². The Labute approximate surface area is 103 Å². The summed E-state index contributed by atoms with van der Waals surface area (Å²) < 4.78 is 5.41. The Morgan fingerprint density at radius 2 is 2.06 bits per heavy atom. The highest BCUT2D eigenvalue weighted by Crippen LogP contribution is 2.26. The Kier molecular flexibility index (Phi) is 3.65. The fourth-order valence-electron chi connectivity index (χ4n) is 2.45. The van der Waals surface area contributed by atoms with E-state index in [1.807, 2.05) is 24.3 Å². The molecule has 17 heavy (non-hydrogen) atoms. The first-order valence-corrected chi connectivity index (χ1v) is 6.04. The number of ether oxygens (including phenoxy) is 1. The summed E-state index contributed by atoms with van der Waals surface area (Å²) in [6, 6.07) is 10.5. The molecule has 0 bridgehead atoms. The summed E-state index contributed by atoms with van der Waals surface area (Å²) in [5.41, 5.74) is 1.92. The van der Waals surface area contributed by atoms with Gasteiger partial charge in [-0.1, -0.05) is 0 Å². The molecule has 1 heterocycles. The predicted molar refractivity (Wildman–Crippen MR) is 68.0 cm³/mol. The van der Waals surface area contributed by atoms with Crippen LogP contribution in [0, 0.1) is 11.3 Å². The van der Waals surface area contributed by atoms with E-state index in [9.17, 15) is 0 Å². The topological polar surface area (TPSA) is 36.3 Å². The van der Waals surface area contributed by atoms with Crippen molar-refractivity contribution in [3.8, 4) is 6.07 Å². The maximum absolute atomic E-state index is 8.78. The lowest BCUT2D eigenvalue weighted by molar-refractivity contribution is 0.0721. The molecule has 0 saturated carbocycles. The molecule has 0 N–H and O–H groups in total. The number of nitriles is 1. The van der Waals surface area contributed by atoms with Crippen LogP contribution in [-0.4, -0.2) is 25.8 Å². The van der Waals surface area contributed by atoms with Crippen LogP contribution in [0.25, 0.3) is 0 Å². The quantitative estimate of drug-likeness (QED) is 0.783. The number of nitrogens with zero attached hydrogens (tertiary/aromatic N) is 2. The first-order valence-electron chi connectivity index (χ1n) is 6.04. The Bertz CT molecular complexity index is 407. The fraction of sp³-hybridized carbons (Fsp3) is 0.500. The molecule has 2 unspecified atom stereocenters. The third kappa shape index (κ3) is 2.59. The predicted octanol–water partition coefficient (Wildman–Crippen LogP) is 2.56. The van der Waals surface area contributed by atoms with Crippen LogP contribution in [0.1, 0.15) is 25.3 Å². The maximum atomic E-state index is 8.78. The Hall–Kier alpha value is -1.53. The van der Waals surface area contributed by atoms with E-state index in [0.29, 0.717) is 17.7 Å². The first kappa shape index (κ1) is 11.9. The summed E-state index contributed by atoms with van der Waals surface area (Å²) in [4.78, 5) is 2.39. The summed E-state index contributed by atoms with van der Waals surface area (Å²) in [6.45, 7) is 3.24. The highest BCUT2D eigenvalue weighted by molar-refractivity contribution is 5.50. The number of hydrogen-bond donors (Lipinski definition) is 0. The summed E-state index contributed by atoms with van der Waals surface area (Å²) in [5.74, 6) is 0. The van der Waals surface area contributed by atoms with Crippen LogP contribution in [0.4, 0.5) is 5.69 Å². The second-order valence-electron chi connectivity index (χ2n) is 4.58. The zero-order chi connectivity index (χ0) is 12.3. The van der Waals surface area contributed by atoms with Gasteiger partial charge in [0.2, 0.25) is 0 Å². The maximum Gasteiger partial charge on any atom is 0.0991 e. The van der Waals surface area contributed by atoms with Gasteiger partial charge in [0.1, 0.15) is 0 Å². The monoisotopic (exact) mass is 230 g/mol. The molecular weight excluding hydrogens is 212 g/mol. The fourth-order valence-corrected chi connectivity index (χ4v) is 2.45. The van der Waals surface area contributed by atoms with Crippen molar-refractivity contribution in [3.05, 3.63) is 29.8 Å². The smallest absolute Gasteiger partial charge is 0.0991 e.